The normalized spacial score (nSPS) is 16.3. The molecule has 0 N–H and O–H groups in total. The van der Waals surface area contributed by atoms with Crippen LogP contribution in [0.3, 0.4) is 0 Å². The van der Waals surface area contributed by atoms with E-state index in [4.69, 9.17) is 14.2 Å². The number of hydrogen-bond acceptors (Lipinski definition) is 8. The smallest absolute Gasteiger partial charge is 0.206 e. The Bertz CT molecular complexity index is 1180. The minimum Gasteiger partial charge on any atom is -0.492 e. The SMILES string of the molecule is CCOCC(C)COc1cnc2ccc(OCc3nn(C4C=NN(C)C4)ccc3=O)cc2c1. The van der Waals surface area contributed by atoms with Crippen molar-refractivity contribution in [2.45, 2.75) is 26.5 Å². The van der Waals surface area contributed by atoms with Gasteiger partial charge in [0.05, 0.1) is 37.7 Å². The molecule has 174 valence electrons. The maximum atomic E-state index is 12.3. The first-order valence-corrected chi connectivity index (χ1v) is 11.1. The molecule has 0 radical (unpaired) electrons. The number of fused-ring (bicyclic) bond motifs is 1. The number of hydrazone groups is 1. The van der Waals surface area contributed by atoms with Gasteiger partial charge in [-0.1, -0.05) is 6.92 Å². The third kappa shape index (κ3) is 5.87. The molecule has 1 aromatic carbocycles. The van der Waals surface area contributed by atoms with Crippen molar-refractivity contribution in [3.8, 4) is 11.5 Å². The van der Waals surface area contributed by atoms with E-state index in [1.54, 1.807) is 17.1 Å². The second kappa shape index (κ2) is 10.4. The van der Waals surface area contributed by atoms with E-state index in [0.29, 0.717) is 43.6 Å². The number of aromatic nitrogens is 3. The van der Waals surface area contributed by atoms with E-state index < -0.39 is 0 Å². The Morgan fingerprint density at radius 2 is 2.00 bits per heavy atom. The molecular weight excluding hydrogens is 422 g/mol. The van der Waals surface area contributed by atoms with Gasteiger partial charge in [0.2, 0.25) is 5.43 Å². The molecule has 4 rings (SSSR count). The Kier molecular flexibility index (Phi) is 7.19. The number of pyridine rings is 1. The summed E-state index contributed by atoms with van der Waals surface area (Å²) in [7, 11) is 1.90. The highest BCUT2D eigenvalue weighted by atomic mass is 16.5. The predicted octanol–water partition coefficient (Wildman–Crippen LogP) is 2.89. The Labute approximate surface area is 192 Å². The number of benzene rings is 1. The van der Waals surface area contributed by atoms with Gasteiger partial charge in [-0.2, -0.15) is 10.2 Å². The van der Waals surface area contributed by atoms with Gasteiger partial charge in [-0.25, -0.2) is 0 Å². The molecule has 0 saturated carbocycles. The first-order valence-electron chi connectivity index (χ1n) is 11.1. The van der Waals surface area contributed by atoms with Crippen molar-refractivity contribution in [1.29, 1.82) is 0 Å². The summed E-state index contributed by atoms with van der Waals surface area (Å²) in [5.74, 6) is 1.61. The van der Waals surface area contributed by atoms with Crippen LogP contribution in [0, 0.1) is 5.92 Å². The summed E-state index contributed by atoms with van der Waals surface area (Å²) >= 11 is 0. The minimum absolute atomic E-state index is 0.00392. The largest absolute Gasteiger partial charge is 0.492 e. The van der Waals surface area contributed by atoms with Crippen LogP contribution in [-0.2, 0) is 11.3 Å². The van der Waals surface area contributed by atoms with Gasteiger partial charge < -0.3 is 14.2 Å². The van der Waals surface area contributed by atoms with Crippen LogP contribution in [0.15, 0.2) is 52.6 Å². The Morgan fingerprint density at radius 3 is 2.79 bits per heavy atom. The molecule has 2 atom stereocenters. The molecule has 0 fully saturated rings. The van der Waals surface area contributed by atoms with Gasteiger partial charge in [0.1, 0.15) is 29.8 Å². The maximum absolute atomic E-state index is 12.3. The monoisotopic (exact) mass is 451 g/mol. The molecule has 1 aliphatic heterocycles. The fourth-order valence-corrected chi connectivity index (χ4v) is 3.47. The summed E-state index contributed by atoms with van der Waals surface area (Å²) in [4.78, 5) is 16.7. The van der Waals surface area contributed by atoms with Crippen molar-refractivity contribution in [2.75, 3.05) is 33.4 Å². The van der Waals surface area contributed by atoms with Crippen LogP contribution >= 0.6 is 0 Å². The lowest BCUT2D eigenvalue weighted by Gasteiger charge is -2.14. The van der Waals surface area contributed by atoms with E-state index in [1.165, 1.54) is 6.07 Å². The molecule has 0 aliphatic carbocycles. The van der Waals surface area contributed by atoms with Gasteiger partial charge in [0.25, 0.3) is 0 Å². The summed E-state index contributed by atoms with van der Waals surface area (Å²) in [6, 6.07) is 9.05. The van der Waals surface area contributed by atoms with Crippen molar-refractivity contribution in [1.82, 2.24) is 19.8 Å². The zero-order chi connectivity index (χ0) is 23.2. The Balaban J connectivity index is 1.42. The maximum Gasteiger partial charge on any atom is 0.206 e. The molecule has 0 spiro atoms. The highest BCUT2D eigenvalue weighted by molar-refractivity contribution is 5.81. The van der Waals surface area contributed by atoms with Crippen molar-refractivity contribution in [3.05, 3.63) is 58.6 Å². The second-order valence-electron chi connectivity index (χ2n) is 8.17. The average molecular weight is 452 g/mol. The van der Waals surface area contributed by atoms with Crippen LogP contribution in [0.1, 0.15) is 25.6 Å². The quantitative estimate of drug-likeness (QED) is 0.468. The zero-order valence-corrected chi connectivity index (χ0v) is 19.2. The highest BCUT2D eigenvalue weighted by Gasteiger charge is 2.17. The van der Waals surface area contributed by atoms with Gasteiger partial charge in [0.15, 0.2) is 0 Å². The fraction of sp³-hybridized carbons (Fsp3) is 0.417. The van der Waals surface area contributed by atoms with E-state index in [0.717, 1.165) is 10.9 Å². The Hall–Kier alpha value is -3.46. The first kappa shape index (κ1) is 22.7. The molecule has 1 aliphatic rings. The van der Waals surface area contributed by atoms with E-state index >= 15 is 0 Å². The molecular formula is C24H29N5O4. The summed E-state index contributed by atoms with van der Waals surface area (Å²) in [5, 5.41) is 11.4. The average Bonchev–Trinajstić information content (AvgIpc) is 3.26. The molecule has 3 heterocycles. The van der Waals surface area contributed by atoms with Crippen LogP contribution in [0.2, 0.25) is 0 Å². The molecule has 33 heavy (non-hydrogen) atoms. The topological polar surface area (TPSA) is 91.1 Å². The van der Waals surface area contributed by atoms with Crippen LogP contribution in [0.25, 0.3) is 10.9 Å². The number of ether oxygens (including phenoxy) is 3. The summed E-state index contributed by atoms with van der Waals surface area (Å²) in [5.41, 5.74) is 1.02. The number of rotatable bonds is 10. The highest BCUT2D eigenvalue weighted by Crippen LogP contribution is 2.24. The van der Waals surface area contributed by atoms with Crippen molar-refractivity contribution < 1.29 is 14.2 Å². The van der Waals surface area contributed by atoms with Gasteiger partial charge in [-0.15, -0.1) is 0 Å². The zero-order valence-electron chi connectivity index (χ0n) is 19.2. The lowest BCUT2D eigenvalue weighted by atomic mass is 10.2. The van der Waals surface area contributed by atoms with E-state index in [2.05, 4.69) is 22.1 Å². The van der Waals surface area contributed by atoms with Gasteiger partial charge in [-0.3, -0.25) is 19.5 Å². The van der Waals surface area contributed by atoms with E-state index in [9.17, 15) is 4.79 Å². The van der Waals surface area contributed by atoms with Gasteiger partial charge in [0, 0.05) is 37.2 Å². The predicted molar refractivity (Wildman–Crippen MR) is 126 cm³/mol. The van der Waals surface area contributed by atoms with E-state index in [-0.39, 0.29) is 24.0 Å². The third-order valence-corrected chi connectivity index (χ3v) is 5.27. The second-order valence-corrected chi connectivity index (χ2v) is 8.17. The standard InChI is InChI=1S/C24H29N5O4/c1-4-31-14-17(2)15-32-21-10-18-9-20(5-6-22(18)25-12-21)33-16-23-24(30)7-8-29(27-23)19-11-26-28(3)13-19/h5-12,17,19H,4,13-16H2,1-3H3. The number of nitrogens with zero attached hydrogens (tertiary/aromatic N) is 5. The lowest BCUT2D eigenvalue weighted by Crippen LogP contribution is -2.24. The number of likely N-dealkylation sites (N-methyl/N-ethyl adjacent to an activating group) is 1. The molecule has 0 amide bonds. The molecule has 9 heteroatoms. The molecule has 2 unspecified atom stereocenters. The summed E-state index contributed by atoms with van der Waals surface area (Å²) in [6.07, 6.45) is 5.21. The Morgan fingerprint density at radius 1 is 1.15 bits per heavy atom. The molecule has 3 aromatic rings. The molecule has 2 aromatic heterocycles. The van der Waals surface area contributed by atoms with Gasteiger partial charge in [-0.05, 0) is 31.2 Å². The van der Waals surface area contributed by atoms with Crippen molar-refractivity contribution in [2.24, 2.45) is 11.0 Å². The van der Waals surface area contributed by atoms with Gasteiger partial charge >= 0.3 is 0 Å². The third-order valence-electron chi connectivity index (χ3n) is 5.27. The number of hydrogen-bond donors (Lipinski definition) is 0. The van der Waals surface area contributed by atoms with Crippen molar-refractivity contribution in [3.63, 3.8) is 0 Å². The molecule has 9 nitrogen and oxygen atoms in total. The van der Waals surface area contributed by atoms with E-state index in [1.807, 2.05) is 49.5 Å². The lowest BCUT2D eigenvalue weighted by molar-refractivity contribution is 0.0939. The fourth-order valence-electron chi connectivity index (χ4n) is 3.47. The van der Waals surface area contributed by atoms with Crippen LogP contribution in [0.4, 0.5) is 0 Å². The summed E-state index contributed by atoms with van der Waals surface area (Å²) < 4.78 is 18.9. The van der Waals surface area contributed by atoms with Crippen LogP contribution in [-0.4, -0.2) is 59.4 Å². The molecule has 0 saturated heterocycles. The van der Waals surface area contributed by atoms with Crippen LogP contribution < -0.4 is 14.9 Å². The van der Waals surface area contributed by atoms with Crippen molar-refractivity contribution >= 4 is 17.1 Å². The summed E-state index contributed by atoms with van der Waals surface area (Å²) in [6.45, 7) is 6.76. The molecule has 0 bridgehead atoms. The first-order chi connectivity index (χ1) is 16.0. The van der Waals surface area contributed by atoms with Crippen LogP contribution in [0.5, 0.6) is 11.5 Å². The minimum atomic E-state index is -0.158.